The number of unbranched alkanes of at least 4 members (excludes halogenated alkanes) is 1. The van der Waals surface area contributed by atoms with Crippen LogP contribution in [0.2, 0.25) is 0 Å². The summed E-state index contributed by atoms with van der Waals surface area (Å²) in [5.74, 6) is -0.404. The first-order valence-corrected chi connectivity index (χ1v) is 8.21. The summed E-state index contributed by atoms with van der Waals surface area (Å²) in [4.78, 5) is 23.3. The van der Waals surface area contributed by atoms with Crippen molar-refractivity contribution < 1.29 is 19.1 Å². The molecule has 0 aliphatic carbocycles. The van der Waals surface area contributed by atoms with E-state index in [9.17, 15) is 9.59 Å². The summed E-state index contributed by atoms with van der Waals surface area (Å²) in [6.45, 7) is 6.15. The van der Waals surface area contributed by atoms with Gasteiger partial charge in [0.1, 0.15) is 18.2 Å². The number of alkyl carbamates (subject to hydrolysis) is 1. The summed E-state index contributed by atoms with van der Waals surface area (Å²) in [6.07, 6.45) is 1.52. The number of hydrogen-bond acceptors (Lipinski definition) is 5. The normalized spacial score (nSPS) is 12.3. The SMILES string of the molecule is CC(C)(C)OC(=O)NCCCCC(N)C(=O)OCc1ccccc1. The first kappa shape index (κ1) is 20.0. The molecule has 0 aliphatic rings. The third-order valence-electron chi connectivity index (χ3n) is 3.14. The number of nitrogens with one attached hydrogen (secondary N) is 1. The average molecular weight is 336 g/mol. The first-order valence-electron chi connectivity index (χ1n) is 8.21. The van der Waals surface area contributed by atoms with Crippen LogP contribution >= 0.6 is 0 Å². The molecule has 1 atom stereocenters. The van der Waals surface area contributed by atoms with Crippen molar-refractivity contribution >= 4 is 12.1 Å². The minimum absolute atomic E-state index is 0.230. The molecule has 0 radical (unpaired) electrons. The Morgan fingerprint density at radius 2 is 1.83 bits per heavy atom. The Labute approximate surface area is 143 Å². The number of rotatable bonds is 8. The van der Waals surface area contributed by atoms with Gasteiger partial charge in [-0.25, -0.2) is 4.79 Å². The predicted octanol–water partition coefficient (Wildman–Crippen LogP) is 2.75. The molecule has 1 unspecified atom stereocenters. The Balaban J connectivity index is 2.11. The number of benzene rings is 1. The van der Waals surface area contributed by atoms with Crippen molar-refractivity contribution in [1.29, 1.82) is 0 Å². The smallest absolute Gasteiger partial charge is 0.407 e. The minimum Gasteiger partial charge on any atom is -0.460 e. The quantitative estimate of drug-likeness (QED) is 0.563. The summed E-state index contributed by atoms with van der Waals surface area (Å²) in [6, 6.07) is 8.82. The van der Waals surface area contributed by atoms with Gasteiger partial charge in [-0.3, -0.25) is 4.79 Å². The van der Waals surface area contributed by atoms with Crippen molar-refractivity contribution in [3.05, 3.63) is 35.9 Å². The van der Waals surface area contributed by atoms with Crippen molar-refractivity contribution in [3.8, 4) is 0 Å². The number of ether oxygens (including phenoxy) is 2. The zero-order chi connectivity index (χ0) is 18.0. The molecule has 6 nitrogen and oxygen atoms in total. The standard InChI is InChI=1S/C18H28N2O4/c1-18(2,3)24-17(22)20-12-8-7-11-15(19)16(21)23-13-14-9-5-4-6-10-14/h4-6,9-10,15H,7-8,11-13,19H2,1-3H3,(H,20,22). The van der Waals surface area contributed by atoms with E-state index in [2.05, 4.69) is 5.32 Å². The molecule has 134 valence electrons. The van der Waals surface area contributed by atoms with Crippen LogP contribution in [-0.2, 0) is 20.9 Å². The van der Waals surface area contributed by atoms with Crippen LogP contribution in [0.25, 0.3) is 0 Å². The molecule has 0 aliphatic heterocycles. The predicted molar refractivity (Wildman–Crippen MR) is 92.3 cm³/mol. The van der Waals surface area contributed by atoms with E-state index in [0.29, 0.717) is 13.0 Å². The maximum absolute atomic E-state index is 11.8. The minimum atomic E-state index is -0.643. The number of esters is 1. The second-order valence-corrected chi connectivity index (χ2v) is 6.62. The van der Waals surface area contributed by atoms with Crippen LogP contribution in [-0.4, -0.2) is 30.3 Å². The van der Waals surface area contributed by atoms with Gasteiger partial charge in [0, 0.05) is 6.54 Å². The number of carbonyl (C=O) groups is 2. The highest BCUT2D eigenvalue weighted by molar-refractivity contribution is 5.75. The third kappa shape index (κ3) is 9.15. The Morgan fingerprint density at radius 3 is 2.46 bits per heavy atom. The van der Waals surface area contributed by atoms with Crippen LogP contribution in [0.5, 0.6) is 0 Å². The molecule has 0 fully saturated rings. The molecule has 1 aromatic carbocycles. The van der Waals surface area contributed by atoms with Crippen LogP contribution < -0.4 is 11.1 Å². The van der Waals surface area contributed by atoms with E-state index in [1.165, 1.54) is 0 Å². The van der Waals surface area contributed by atoms with Gasteiger partial charge in [0.05, 0.1) is 0 Å². The molecule has 0 spiro atoms. The fraction of sp³-hybridized carbons (Fsp3) is 0.556. The van der Waals surface area contributed by atoms with Gasteiger partial charge in [0.2, 0.25) is 0 Å². The summed E-state index contributed by atoms with van der Waals surface area (Å²) < 4.78 is 10.3. The lowest BCUT2D eigenvalue weighted by atomic mass is 10.1. The zero-order valence-corrected chi connectivity index (χ0v) is 14.7. The van der Waals surface area contributed by atoms with Crippen molar-refractivity contribution in [2.75, 3.05) is 6.54 Å². The number of hydrogen-bond donors (Lipinski definition) is 2. The largest absolute Gasteiger partial charge is 0.460 e. The molecule has 0 heterocycles. The molecule has 24 heavy (non-hydrogen) atoms. The van der Waals surface area contributed by atoms with Crippen LogP contribution in [0.4, 0.5) is 4.79 Å². The van der Waals surface area contributed by atoms with Crippen LogP contribution in [0.1, 0.15) is 45.6 Å². The maximum Gasteiger partial charge on any atom is 0.407 e. The van der Waals surface area contributed by atoms with E-state index in [-0.39, 0.29) is 6.61 Å². The van der Waals surface area contributed by atoms with Crippen molar-refractivity contribution in [3.63, 3.8) is 0 Å². The van der Waals surface area contributed by atoms with Gasteiger partial charge in [-0.05, 0) is 45.6 Å². The van der Waals surface area contributed by atoms with Crippen molar-refractivity contribution in [1.82, 2.24) is 5.32 Å². The van der Waals surface area contributed by atoms with Gasteiger partial charge in [0.15, 0.2) is 0 Å². The Kier molecular flexibility index (Phi) is 8.26. The lowest BCUT2D eigenvalue weighted by Gasteiger charge is -2.19. The molecular formula is C18H28N2O4. The van der Waals surface area contributed by atoms with Gasteiger partial charge < -0.3 is 20.5 Å². The second-order valence-electron chi connectivity index (χ2n) is 6.62. The fourth-order valence-electron chi connectivity index (χ4n) is 1.95. The van der Waals surface area contributed by atoms with E-state index < -0.39 is 23.7 Å². The first-order chi connectivity index (χ1) is 11.3. The van der Waals surface area contributed by atoms with Gasteiger partial charge in [-0.15, -0.1) is 0 Å². The highest BCUT2D eigenvalue weighted by Gasteiger charge is 2.16. The molecule has 0 saturated heterocycles. The van der Waals surface area contributed by atoms with Gasteiger partial charge >= 0.3 is 12.1 Å². The van der Waals surface area contributed by atoms with Crippen LogP contribution in [0.3, 0.4) is 0 Å². The summed E-state index contributed by atoms with van der Waals surface area (Å²) in [7, 11) is 0. The van der Waals surface area contributed by atoms with E-state index >= 15 is 0 Å². The Hall–Kier alpha value is -2.08. The number of amides is 1. The van der Waals surface area contributed by atoms with Crippen molar-refractivity contribution in [2.24, 2.45) is 5.73 Å². The molecule has 3 N–H and O–H groups in total. The molecule has 0 aromatic heterocycles. The van der Waals surface area contributed by atoms with E-state index in [4.69, 9.17) is 15.2 Å². The monoisotopic (exact) mass is 336 g/mol. The summed E-state index contributed by atoms with van der Waals surface area (Å²) in [5.41, 5.74) is 6.25. The summed E-state index contributed by atoms with van der Waals surface area (Å²) in [5, 5.41) is 2.67. The molecule has 1 aromatic rings. The third-order valence-corrected chi connectivity index (χ3v) is 3.14. The Bertz CT molecular complexity index is 512. The lowest BCUT2D eigenvalue weighted by molar-refractivity contribution is -0.146. The Morgan fingerprint density at radius 1 is 1.17 bits per heavy atom. The molecular weight excluding hydrogens is 308 g/mol. The van der Waals surface area contributed by atoms with E-state index in [0.717, 1.165) is 18.4 Å². The van der Waals surface area contributed by atoms with Gasteiger partial charge in [-0.1, -0.05) is 30.3 Å². The number of carbonyl (C=O) groups excluding carboxylic acids is 2. The highest BCUT2D eigenvalue weighted by atomic mass is 16.6. The van der Waals surface area contributed by atoms with Crippen LogP contribution in [0, 0.1) is 0 Å². The number of nitrogens with two attached hydrogens (primary N) is 1. The van der Waals surface area contributed by atoms with E-state index in [1.807, 2.05) is 51.1 Å². The average Bonchev–Trinajstić information content (AvgIpc) is 2.51. The highest BCUT2D eigenvalue weighted by Crippen LogP contribution is 2.07. The molecule has 6 heteroatoms. The zero-order valence-electron chi connectivity index (χ0n) is 14.7. The fourth-order valence-corrected chi connectivity index (χ4v) is 1.95. The summed E-state index contributed by atoms with van der Waals surface area (Å²) >= 11 is 0. The topological polar surface area (TPSA) is 90.6 Å². The maximum atomic E-state index is 11.8. The molecule has 1 amide bonds. The lowest BCUT2D eigenvalue weighted by Crippen LogP contribution is -2.34. The second kappa shape index (κ2) is 9.93. The molecule has 0 saturated carbocycles. The van der Waals surface area contributed by atoms with Crippen LogP contribution in [0.15, 0.2) is 30.3 Å². The van der Waals surface area contributed by atoms with Crippen molar-refractivity contribution in [2.45, 2.75) is 58.3 Å². The van der Waals surface area contributed by atoms with E-state index in [1.54, 1.807) is 0 Å². The van der Waals surface area contributed by atoms with Gasteiger partial charge in [-0.2, -0.15) is 0 Å². The molecule has 0 bridgehead atoms. The molecule has 1 rings (SSSR count). The van der Waals surface area contributed by atoms with Gasteiger partial charge in [0.25, 0.3) is 0 Å².